The van der Waals surface area contributed by atoms with Gasteiger partial charge in [0, 0.05) is 24.0 Å². The summed E-state index contributed by atoms with van der Waals surface area (Å²) in [6.45, 7) is 2.80. The van der Waals surface area contributed by atoms with Gasteiger partial charge in [-0.2, -0.15) is 0 Å². The molecule has 0 spiro atoms. The maximum absolute atomic E-state index is 13.0. The molecule has 2 aromatic rings. The van der Waals surface area contributed by atoms with Crippen molar-refractivity contribution in [1.29, 1.82) is 0 Å². The van der Waals surface area contributed by atoms with Crippen molar-refractivity contribution >= 4 is 23.2 Å². The first-order chi connectivity index (χ1) is 11.9. The van der Waals surface area contributed by atoms with E-state index in [1.165, 1.54) is 23.5 Å². The highest BCUT2D eigenvalue weighted by molar-refractivity contribution is 7.10. The summed E-state index contributed by atoms with van der Waals surface area (Å²) in [6.07, 6.45) is 0.760. The van der Waals surface area contributed by atoms with Crippen LogP contribution < -0.4 is 0 Å². The molecule has 1 fully saturated rings. The Balaban J connectivity index is 1.67. The highest BCUT2D eigenvalue weighted by Gasteiger charge is 2.32. The molecule has 1 aromatic carbocycles. The van der Waals surface area contributed by atoms with Crippen molar-refractivity contribution in [3.8, 4) is 11.3 Å². The molecule has 0 radical (unpaired) electrons. The molecule has 1 saturated heterocycles. The van der Waals surface area contributed by atoms with E-state index in [2.05, 4.69) is 4.98 Å². The fourth-order valence-electron chi connectivity index (χ4n) is 3.12. The minimum absolute atomic E-state index is 0.0993. The summed E-state index contributed by atoms with van der Waals surface area (Å²) >= 11 is 1.38. The molecule has 1 aliphatic rings. The number of carbonyl (C=O) groups excluding carboxylic acids is 1. The van der Waals surface area contributed by atoms with Gasteiger partial charge in [0.1, 0.15) is 10.8 Å². The fourth-order valence-corrected chi connectivity index (χ4v) is 3.91. The summed E-state index contributed by atoms with van der Waals surface area (Å²) in [6, 6.07) is 6.06. The molecular formula is C18H19FN2O3S. The second kappa shape index (κ2) is 7.31. The van der Waals surface area contributed by atoms with E-state index in [0.717, 1.165) is 5.56 Å². The van der Waals surface area contributed by atoms with Crippen LogP contribution in [0.1, 0.15) is 18.4 Å². The van der Waals surface area contributed by atoms with Gasteiger partial charge >= 0.3 is 5.97 Å². The van der Waals surface area contributed by atoms with Gasteiger partial charge in [-0.3, -0.25) is 9.59 Å². The first-order valence-corrected chi connectivity index (χ1v) is 9.01. The zero-order valence-electron chi connectivity index (χ0n) is 13.8. The van der Waals surface area contributed by atoms with Gasteiger partial charge in [-0.1, -0.05) is 6.92 Å². The molecule has 1 N–H and O–H groups in total. The molecule has 1 aliphatic heterocycles. The van der Waals surface area contributed by atoms with E-state index < -0.39 is 11.9 Å². The summed E-state index contributed by atoms with van der Waals surface area (Å²) in [5.74, 6) is -1.58. The standard InChI is InChI=1S/C18H19FN2O3S/c1-11-6-13(18(23)24)9-21(8-11)17(22)7-16-20-15(10-25-16)12-2-4-14(19)5-3-12/h2-5,10-11,13H,6-9H2,1H3,(H,23,24). The van der Waals surface area contributed by atoms with Gasteiger partial charge < -0.3 is 10.0 Å². The zero-order chi connectivity index (χ0) is 18.0. The van der Waals surface area contributed by atoms with Crippen LogP contribution in [0.2, 0.25) is 0 Å². The minimum atomic E-state index is -0.850. The lowest BCUT2D eigenvalue weighted by molar-refractivity contribution is -0.146. The normalized spacial score (nSPS) is 20.5. The molecule has 5 nitrogen and oxygen atoms in total. The molecule has 0 saturated carbocycles. The Bertz CT molecular complexity index is 775. The number of hydrogen-bond donors (Lipinski definition) is 1. The predicted octanol–water partition coefficient (Wildman–Crippen LogP) is 3.06. The average Bonchev–Trinajstić information content (AvgIpc) is 3.03. The summed E-state index contributed by atoms with van der Waals surface area (Å²) < 4.78 is 13.0. The summed E-state index contributed by atoms with van der Waals surface area (Å²) in [5, 5.41) is 11.7. The molecule has 2 heterocycles. The Labute approximate surface area is 149 Å². The van der Waals surface area contributed by atoms with Crippen LogP contribution in [0.15, 0.2) is 29.6 Å². The molecular weight excluding hydrogens is 343 g/mol. The Morgan fingerprint density at radius 3 is 2.72 bits per heavy atom. The highest BCUT2D eigenvalue weighted by Crippen LogP contribution is 2.25. The lowest BCUT2D eigenvalue weighted by atomic mass is 9.90. The number of hydrogen-bond acceptors (Lipinski definition) is 4. The quantitative estimate of drug-likeness (QED) is 0.907. The van der Waals surface area contributed by atoms with Crippen molar-refractivity contribution in [3.63, 3.8) is 0 Å². The van der Waals surface area contributed by atoms with Gasteiger partial charge in [-0.05, 0) is 36.6 Å². The summed E-state index contributed by atoms with van der Waals surface area (Å²) in [4.78, 5) is 29.8. The van der Waals surface area contributed by atoms with E-state index in [1.807, 2.05) is 12.3 Å². The van der Waals surface area contributed by atoms with Crippen molar-refractivity contribution in [2.75, 3.05) is 13.1 Å². The Hall–Kier alpha value is -2.28. The first-order valence-electron chi connectivity index (χ1n) is 8.13. The third-order valence-corrected chi connectivity index (χ3v) is 5.20. The van der Waals surface area contributed by atoms with E-state index in [9.17, 15) is 19.1 Å². The smallest absolute Gasteiger partial charge is 0.308 e. The van der Waals surface area contributed by atoms with Crippen LogP contribution in [0.3, 0.4) is 0 Å². The molecule has 2 unspecified atom stereocenters. The number of amides is 1. The lowest BCUT2D eigenvalue weighted by Gasteiger charge is -2.34. The molecule has 132 valence electrons. The Morgan fingerprint density at radius 1 is 1.32 bits per heavy atom. The number of benzene rings is 1. The number of nitrogens with zero attached hydrogens (tertiary/aromatic N) is 2. The van der Waals surface area contributed by atoms with Gasteiger partial charge in [0.25, 0.3) is 0 Å². The zero-order valence-corrected chi connectivity index (χ0v) is 14.6. The number of carboxylic acid groups (broad SMARTS) is 1. The molecule has 25 heavy (non-hydrogen) atoms. The fraction of sp³-hybridized carbons (Fsp3) is 0.389. The van der Waals surface area contributed by atoms with Crippen LogP contribution in [0.4, 0.5) is 4.39 Å². The van der Waals surface area contributed by atoms with Crippen molar-refractivity contribution in [2.45, 2.75) is 19.8 Å². The molecule has 0 aliphatic carbocycles. The van der Waals surface area contributed by atoms with Gasteiger partial charge in [0.15, 0.2) is 0 Å². The van der Waals surface area contributed by atoms with Crippen LogP contribution in [0.25, 0.3) is 11.3 Å². The van der Waals surface area contributed by atoms with E-state index in [1.54, 1.807) is 17.0 Å². The van der Waals surface area contributed by atoms with Gasteiger partial charge in [-0.15, -0.1) is 11.3 Å². The molecule has 0 bridgehead atoms. The molecule has 1 aromatic heterocycles. The van der Waals surface area contributed by atoms with Crippen molar-refractivity contribution in [2.24, 2.45) is 11.8 Å². The maximum atomic E-state index is 13.0. The van der Waals surface area contributed by atoms with Gasteiger partial charge in [0.2, 0.25) is 5.91 Å². The second-order valence-electron chi connectivity index (χ2n) is 6.48. The average molecular weight is 362 g/mol. The van der Waals surface area contributed by atoms with Crippen molar-refractivity contribution in [3.05, 3.63) is 40.5 Å². The third-order valence-electron chi connectivity index (χ3n) is 4.36. The lowest BCUT2D eigenvalue weighted by Crippen LogP contribution is -2.46. The molecule has 1 amide bonds. The largest absolute Gasteiger partial charge is 0.481 e. The van der Waals surface area contributed by atoms with Gasteiger partial charge in [0.05, 0.1) is 18.0 Å². The van der Waals surface area contributed by atoms with E-state index in [0.29, 0.717) is 23.7 Å². The number of carboxylic acids is 1. The van der Waals surface area contributed by atoms with Gasteiger partial charge in [-0.25, -0.2) is 9.37 Å². The Morgan fingerprint density at radius 2 is 2.04 bits per heavy atom. The molecule has 7 heteroatoms. The van der Waals surface area contributed by atoms with Crippen LogP contribution in [-0.4, -0.2) is 40.0 Å². The minimum Gasteiger partial charge on any atom is -0.481 e. The number of likely N-dealkylation sites (tertiary alicyclic amines) is 1. The number of rotatable bonds is 4. The summed E-state index contributed by atoms with van der Waals surface area (Å²) in [5.41, 5.74) is 1.51. The Kier molecular flexibility index (Phi) is 5.13. The van der Waals surface area contributed by atoms with Crippen LogP contribution in [-0.2, 0) is 16.0 Å². The number of aromatic nitrogens is 1. The van der Waals surface area contributed by atoms with E-state index in [4.69, 9.17) is 0 Å². The number of carbonyl (C=O) groups is 2. The SMILES string of the molecule is CC1CC(C(=O)O)CN(C(=O)Cc2nc(-c3ccc(F)cc3)cs2)C1. The van der Waals surface area contributed by atoms with E-state index >= 15 is 0 Å². The van der Waals surface area contributed by atoms with Crippen molar-refractivity contribution in [1.82, 2.24) is 9.88 Å². The third kappa shape index (κ3) is 4.22. The number of halogens is 1. The highest BCUT2D eigenvalue weighted by atomic mass is 32.1. The maximum Gasteiger partial charge on any atom is 0.308 e. The second-order valence-corrected chi connectivity index (χ2v) is 7.43. The predicted molar refractivity (Wildman–Crippen MR) is 92.7 cm³/mol. The molecule has 3 rings (SSSR count). The van der Waals surface area contributed by atoms with Crippen LogP contribution in [0, 0.1) is 17.7 Å². The van der Waals surface area contributed by atoms with Crippen LogP contribution >= 0.6 is 11.3 Å². The summed E-state index contributed by atoms with van der Waals surface area (Å²) in [7, 11) is 0. The number of aliphatic carboxylic acids is 1. The van der Waals surface area contributed by atoms with Crippen LogP contribution in [0.5, 0.6) is 0 Å². The number of piperidine rings is 1. The van der Waals surface area contributed by atoms with Crippen molar-refractivity contribution < 1.29 is 19.1 Å². The first kappa shape index (κ1) is 17.5. The molecule has 2 atom stereocenters. The number of thiazole rings is 1. The van der Waals surface area contributed by atoms with E-state index in [-0.39, 0.29) is 30.6 Å². The monoisotopic (exact) mass is 362 g/mol. The topological polar surface area (TPSA) is 70.5 Å².